The van der Waals surface area contributed by atoms with Crippen LogP contribution in [0.15, 0.2) is 0 Å². The Kier molecular flexibility index (Phi) is 2.49. The molecule has 74 valence electrons. The fourth-order valence-corrected chi connectivity index (χ4v) is 1.62. The SMILES string of the molecule is CC(=O)C1(C(C)=O)N(O)CCN1O. The highest BCUT2D eigenvalue weighted by Crippen LogP contribution is 2.25. The molecule has 0 bridgehead atoms. The number of rotatable bonds is 2. The Hall–Kier alpha value is -0.820. The van der Waals surface area contributed by atoms with Crippen molar-refractivity contribution in [3.05, 3.63) is 0 Å². The first-order valence-corrected chi connectivity index (χ1v) is 3.89. The van der Waals surface area contributed by atoms with Gasteiger partial charge in [0.25, 0.3) is 0 Å². The highest BCUT2D eigenvalue weighted by Gasteiger charge is 2.55. The first-order chi connectivity index (χ1) is 5.94. The van der Waals surface area contributed by atoms with Crippen LogP contribution in [0.25, 0.3) is 0 Å². The molecule has 1 aliphatic heterocycles. The highest BCUT2D eigenvalue weighted by atomic mass is 16.6. The van der Waals surface area contributed by atoms with Gasteiger partial charge in [-0.25, -0.2) is 0 Å². The van der Waals surface area contributed by atoms with Gasteiger partial charge < -0.3 is 10.4 Å². The molecule has 0 radical (unpaired) electrons. The normalized spacial score (nSPS) is 23.4. The fraction of sp³-hybridized carbons (Fsp3) is 0.714. The summed E-state index contributed by atoms with van der Waals surface area (Å²) in [6.07, 6.45) is 0. The molecule has 0 aliphatic carbocycles. The van der Waals surface area contributed by atoms with Gasteiger partial charge in [-0.05, 0) is 13.8 Å². The average Bonchev–Trinajstić information content (AvgIpc) is 2.27. The first kappa shape index (κ1) is 10.3. The maximum Gasteiger partial charge on any atom is 0.236 e. The van der Waals surface area contributed by atoms with E-state index in [0.29, 0.717) is 10.1 Å². The minimum absolute atomic E-state index is 0.0651. The zero-order valence-corrected chi connectivity index (χ0v) is 7.52. The van der Waals surface area contributed by atoms with Gasteiger partial charge in [0, 0.05) is 13.1 Å². The molecule has 1 rings (SSSR count). The predicted molar refractivity (Wildman–Crippen MR) is 41.1 cm³/mol. The molecule has 0 saturated carbocycles. The molecular formula is C7H12N2O4. The van der Waals surface area contributed by atoms with Gasteiger partial charge in [0.15, 0.2) is 11.6 Å². The summed E-state index contributed by atoms with van der Waals surface area (Å²) in [5.41, 5.74) is -1.89. The summed E-state index contributed by atoms with van der Waals surface area (Å²) in [5, 5.41) is 19.8. The van der Waals surface area contributed by atoms with Gasteiger partial charge in [0.05, 0.1) is 0 Å². The van der Waals surface area contributed by atoms with Gasteiger partial charge in [-0.2, -0.15) is 10.1 Å². The Morgan fingerprint density at radius 1 is 1.08 bits per heavy atom. The third-order valence-corrected chi connectivity index (χ3v) is 2.25. The zero-order valence-electron chi connectivity index (χ0n) is 7.52. The van der Waals surface area contributed by atoms with Crippen LogP contribution in [0.1, 0.15) is 13.8 Å². The van der Waals surface area contributed by atoms with Gasteiger partial charge in [0.2, 0.25) is 5.66 Å². The lowest BCUT2D eigenvalue weighted by molar-refractivity contribution is -0.238. The van der Waals surface area contributed by atoms with Crippen LogP contribution in [0.2, 0.25) is 0 Å². The fourth-order valence-electron chi connectivity index (χ4n) is 1.62. The Morgan fingerprint density at radius 2 is 1.38 bits per heavy atom. The first-order valence-electron chi connectivity index (χ1n) is 3.89. The molecule has 13 heavy (non-hydrogen) atoms. The van der Waals surface area contributed by atoms with Crippen LogP contribution in [0.5, 0.6) is 0 Å². The Labute approximate surface area is 75.3 Å². The topological polar surface area (TPSA) is 81.1 Å². The molecular weight excluding hydrogens is 176 g/mol. The Morgan fingerprint density at radius 3 is 1.54 bits per heavy atom. The van der Waals surface area contributed by atoms with Gasteiger partial charge in [-0.3, -0.25) is 9.59 Å². The monoisotopic (exact) mass is 188 g/mol. The minimum atomic E-state index is -1.89. The number of hydroxylamine groups is 4. The lowest BCUT2D eigenvalue weighted by atomic mass is 10.0. The van der Waals surface area contributed by atoms with Crippen LogP contribution in [0.3, 0.4) is 0 Å². The summed E-state index contributed by atoms with van der Waals surface area (Å²) in [4.78, 5) is 22.4. The van der Waals surface area contributed by atoms with Crippen molar-refractivity contribution in [3.8, 4) is 0 Å². The van der Waals surface area contributed by atoms with E-state index in [1.54, 1.807) is 0 Å². The average molecular weight is 188 g/mol. The van der Waals surface area contributed by atoms with Gasteiger partial charge >= 0.3 is 0 Å². The lowest BCUT2D eigenvalue weighted by Crippen LogP contribution is -2.61. The van der Waals surface area contributed by atoms with Crippen molar-refractivity contribution in [2.24, 2.45) is 0 Å². The van der Waals surface area contributed by atoms with Crippen molar-refractivity contribution in [2.75, 3.05) is 13.1 Å². The van der Waals surface area contributed by atoms with Crippen LogP contribution in [-0.4, -0.2) is 50.9 Å². The molecule has 6 nitrogen and oxygen atoms in total. The summed E-state index contributed by atoms with van der Waals surface area (Å²) in [6, 6.07) is 0. The summed E-state index contributed by atoms with van der Waals surface area (Å²) in [7, 11) is 0. The number of Topliss-reactive ketones (excluding diaryl/α,β-unsaturated/α-hetero) is 2. The van der Waals surface area contributed by atoms with E-state index in [0.717, 1.165) is 13.8 Å². The van der Waals surface area contributed by atoms with Crippen LogP contribution in [0.4, 0.5) is 0 Å². The molecule has 0 unspecified atom stereocenters. The Balaban J connectivity index is 3.15. The number of hydrogen-bond donors (Lipinski definition) is 2. The molecule has 1 aliphatic rings. The molecule has 0 aromatic heterocycles. The number of carbonyl (C=O) groups excluding carboxylic acids is 2. The maximum absolute atomic E-state index is 11.2. The summed E-state index contributed by atoms with van der Waals surface area (Å²) in [5.74, 6) is -1.19. The molecule has 0 aromatic carbocycles. The van der Waals surface area contributed by atoms with Crippen molar-refractivity contribution in [1.29, 1.82) is 0 Å². The maximum atomic E-state index is 11.2. The summed E-state index contributed by atoms with van der Waals surface area (Å²) >= 11 is 0. The van der Waals surface area contributed by atoms with Crippen LogP contribution in [0, 0.1) is 0 Å². The van der Waals surface area contributed by atoms with Crippen LogP contribution < -0.4 is 0 Å². The molecule has 1 saturated heterocycles. The third kappa shape index (κ3) is 1.19. The van der Waals surface area contributed by atoms with Crippen LogP contribution >= 0.6 is 0 Å². The Bertz CT molecular complexity index is 227. The smallest absolute Gasteiger partial charge is 0.236 e. The van der Waals surface area contributed by atoms with E-state index < -0.39 is 17.2 Å². The number of nitrogens with zero attached hydrogens (tertiary/aromatic N) is 2. The van der Waals surface area contributed by atoms with E-state index in [1.165, 1.54) is 0 Å². The summed E-state index contributed by atoms with van der Waals surface area (Å²) in [6.45, 7) is 2.43. The lowest BCUT2D eigenvalue weighted by Gasteiger charge is -2.32. The minimum Gasteiger partial charge on any atom is -0.311 e. The molecule has 1 fully saturated rings. The molecule has 1 heterocycles. The van der Waals surface area contributed by atoms with E-state index >= 15 is 0 Å². The second-order valence-electron chi connectivity index (χ2n) is 3.03. The highest BCUT2D eigenvalue weighted by molar-refractivity contribution is 6.09. The molecule has 0 atom stereocenters. The molecule has 0 spiro atoms. The van der Waals surface area contributed by atoms with Crippen molar-refractivity contribution in [2.45, 2.75) is 19.5 Å². The number of hydrogen-bond acceptors (Lipinski definition) is 6. The van der Waals surface area contributed by atoms with Gasteiger partial charge in [-0.15, -0.1) is 0 Å². The largest absolute Gasteiger partial charge is 0.311 e. The quantitative estimate of drug-likeness (QED) is 0.555. The van der Waals surface area contributed by atoms with E-state index in [9.17, 15) is 20.0 Å². The molecule has 6 heteroatoms. The predicted octanol–water partition coefficient (Wildman–Crippen LogP) is -0.743. The molecule has 2 N–H and O–H groups in total. The van der Waals surface area contributed by atoms with Gasteiger partial charge in [0.1, 0.15) is 0 Å². The number of ketones is 2. The third-order valence-electron chi connectivity index (χ3n) is 2.25. The van der Waals surface area contributed by atoms with E-state index in [1.807, 2.05) is 0 Å². The second kappa shape index (κ2) is 3.15. The van der Waals surface area contributed by atoms with Crippen LogP contribution in [-0.2, 0) is 9.59 Å². The standard InChI is InChI=1S/C7H12N2O4/c1-5(10)7(6(2)11)8(12)3-4-9(7)13/h12-13H,3-4H2,1-2H3. The van der Waals surface area contributed by atoms with E-state index in [4.69, 9.17) is 0 Å². The zero-order chi connectivity index (χ0) is 10.2. The second-order valence-corrected chi connectivity index (χ2v) is 3.03. The molecule has 0 aromatic rings. The van der Waals surface area contributed by atoms with E-state index in [2.05, 4.69) is 0 Å². The summed E-state index contributed by atoms with van der Waals surface area (Å²) < 4.78 is 0. The number of carbonyl (C=O) groups is 2. The van der Waals surface area contributed by atoms with Crippen molar-refractivity contribution >= 4 is 11.6 Å². The van der Waals surface area contributed by atoms with Gasteiger partial charge in [-0.1, -0.05) is 0 Å². The van der Waals surface area contributed by atoms with Crippen molar-refractivity contribution in [1.82, 2.24) is 10.1 Å². The van der Waals surface area contributed by atoms with Crippen molar-refractivity contribution < 1.29 is 20.0 Å². The van der Waals surface area contributed by atoms with Crippen molar-refractivity contribution in [3.63, 3.8) is 0 Å². The molecule has 0 amide bonds. The van der Waals surface area contributed by atoms with E-state index in [-0.39, 0.29) is 13.1 Å².